The van der Waals surface area contributed by atoms with Gasteiger partial charge >= 0.3 is 0 Å². The Bertz CT molecular complexity index is 263. The molecule has 4 nitrogen and oxygen atoms in total. The smallest absolute Gasteiger partial charge is 0.147 e. The molecule has 0 heterocycles. The average Bonchev–Trinajstić information content (AvgIpc) is 2.23. The maximum atomic E-state index is 10.9. The zero-order valence-electron chi connectivity index (χ0n) is 10.6. The molecule has 16 heavy (non-hydrogen) atoms. The third-order valence-corrected chi connectivity index (χ3v) is 4.23. The highest BCUT2D eigenvalue weighted by Gasteiger charge is 2.24. The molecule has 0 aliphatic rings. The first kappa shape index (κ1) is 15.9. The van der Waals surface area contributed by atoms with Crippen molar-refractivity contribution < 1.29 is 13.5 Å². The second-order valence-electron chi connectivity index (χ2n) is 4.53. The number of aliphatic hydroxyl groups is 1. The van der Waals surface area contributed by atoms with Crippen molar-refractivity contribution >= 4 is 9.84 Å². The van der Waals surface area contributed by atoms with Gasteiger partial charge in [-0.15, -0.1) is 0 Å². The monoisotopic (exact) mass is 251 g/mol. The summed E-state index contributed by atoms with van der Waals surface area (Å²) in [5.41, 5.74) is -0.0505. The summed E-state index contributed by atoms with van der Waals surface area (Å²) < 4.78 is 21.8. The van der Waals surface area contributed by atoms with Crippen LogP contribution in [0, 0.1) is 5.41 Å². The van der Waals surface area contributed by atoms with Gasteiger partial charge in [-0.3, -0.25) is 0 Å². The van der Waals surface area contributed by atoms with Crippen LogP contribution in [-0.2, 0) is 9.84 Å². The standard InChI is InChI=1S/C11H25NO3S/c1-4-11(5-2,10-13)9-12-7-6-8-16(3,14)15/h12-13H,4-10H2,1-3H3. The highest BCUT2D eigenvalue weighted by Crippen LogP contribution is 2.24. The first-order chi connectivity index (χ1) is 7.39. The molecule has 0 saturated heterocycles. The first-order valence-electron chi connectivity index (χ1n) is 5.88. The van der Waals surface area contributed by atoms with Crippen molar-refractivity contribution in [1.29, 1.82) is 0 Å². The second kappa shape index (κ2) is 7.25. The average molecular weight is 251 g/mol. The normalized spacial score (nSPS) is 13.0. The summed E-state index contributed by atoms with van der Waals surface area (Å²) in [7, 11) is -2.85. The molecular formula is C11H25NO3S. The summed E-state index contributed by atoms with van der Waals surface area (Å²) >= 11 is 0. The molecule has 0 amide bonds. The molecule has 0 aromatic heterocycles. The molecule has 0 spiro atoms. The summed E-state index contributed by atoms with van der Waals surface area (Å²) in [5, 5.41) is 12.6. The fraction of sp³-hybridized carbons (Fsp3) is 1.00. The van der Waals surface area contributed by atoms with Crippen molar-refractivity contribution in [3.63, 3.8) is 0 Å². The predicted octanol–water partition coefficient (Wildman–Crippen LogP) is 0.809. The van der Waals surface area contributed by atoms with E-state index in [9.17, 15) is 13.5 Å². The zero-order valence-corrected chi connectivity index (χ0v) is 11.4. The van der Waals surface area contributed by atoms with Crippen LogP contribution < -0.4 is 5.32 Å². The number of nitrogens with one attached hydrogen (secondary N) is 1. The van der Waals surface area contributed by atoms with Gasteiger partial charge in [0.25, 0.3) is 0 Å². The number of rotatable bonds is 9. The Morgan fingerprint density at radius 3 is 2.19 bits per heavy atom. The van der Waals surface area contributed by atoms with Crippen LogP contribution in [0.2, 0.25) is 0 Å². The van der Waals surface area contributed by atoms with Crippen molar-refractivity contribution in [2.75, 3.05) is 31.7 Å². The van der Waals surface area contributed by atoms with Crippen molar-refractivity contribution in [2.24, 2.45) is 5.41 Å². The summed E-state index contributed by atoms with van der Waals surface area (Å²) in [5.74, 6) is 0.227. The minimum absolute atomic E-state index is 0.0505. The van der Waals surface area contributed by atoms with Crippen LogP contribution in [0.4, 0.5) is 0 Å². The minimum Gasteiger partial charge on any atom is -0.396 e. The quantitative estimate of drug-likeness (QED) is 0.595. The fourth-order valence-corrected chi connectivity index (χ4v) is 2.26. The van der Waals surface area contributed by atoms with Crippen LogP contribution in [0.3, 0.4) is 0 Å². The molecule has 0 aliphatic carbocycles. The summed E-state index contributed by atoms with van der Waals surface area (Å²) in [6.45, 7) is 5.75. The molecule has 98 valence electrons. The Morgan fingerprint density at radius 2 is 1.81 bits per heavy atom. The Labute approximate surface area is 99.4 Å². The second-order valence-corrected chi connectivity index (χ2v) is 6.79. The molecule has 0 unspecified atom stereocenters. The maximum absolute atomic E-state index is 10.9. The lowest BCUT2D eigenvalue weighted by Crippen LogP contribution is -2.37. The Morgan fingerprint density at radius 1 is 1.25 bits per heavy atom. The highest BCUT2D eigenvalue weighted by molar-refractivity contribution is 7.90. The van der Waals surface area contributed by atoms with E-state index in [1.807, 2.05) is 0 Å². The number of aliphatic hydroxyl groups excluding tert-OH is 1. The Balaban J connectivity index is 3.80. The van der Waals surface area contributed by atoms with Crippen LogP contribution >= 0.6 is 0 Å². The van der Waals surface area contributed by atoms with Crippen LogP contribution in [0.5, 0.6) is 0 Å². The van der Waals surface area contributed by atoms with E-state index in [2.05, 4.69) is 19.2 Å². The van der Waals surface area contributed by atoms with Gasteiger partial charge in [-0.1, -0.05) is 13.8 Å². The molecule has 0 rings (SSSR count). The van der Waals surface area contributed by atoms with Crippen LogP contribution in [0.25, 0.3) is 0 Å². The Hall–Kier alpha value is -0.130. The molecule has 0 fully saturated rings. The van der Waals surface area contributed by atoms with Crippen LogP contribution in [0.1, 0.15) is 33.1 Å². The lowest BCUT2D eigenvalue weighted by molar-refractivity contribution is 0.113. The molecular weight excluding hydrogens is 226 g/mol. The fourth-order valence-electron chi connectivity index (χ4n) is 1.59. The molecule has 0 saturated carbocycles. The van der Waals surface area contributed by atoms with E-state index >= 15 is 0 Å². The van der Waals surface area contributed by atoms with Crippen molar-refractivity contribution in [3.8, 4) is 0 Å². The molecule has 0 aromatic rings. The zero-order chi connectivity index (χ0) is 12.7. The number of hydrogen-bond donors (Lipinski definition) is 2. The van der Waals surface area contributed by atoms with Gasteiger partial charge in [0.1, 0.15) is 9.84 Å². The van der Waals surface area contributed by atoms with Gasteiger partial charge in [0, 0.05) is 24.8 Å². The third-order valence-electron chi connectivity index (χ3n) is 3.20. The van der Waals surface area contributed by atoms with Crippen LogP contribution in [-0.4, -0.2) is 45.2 Å². The largest absolute Gasteiger partial charge is 0.396 e. The topological polar surface area (TPSA) is 66.4 Å². The van der Waals surface area contributed by atoms with Gasteiger partial charge in [-0.05, 0) is 25.8 Å². The van der Waals surface area contributed by atoms with Crippen LogP contribution in [0.15, 0.2) is 0 Å². The van der Waals surface area contributed by atoms with E-state index in [0.717, 1.165) is 19.4 Å². The lowest BCUT2D eigenvalue weighted by Gasteiger charge is -2.29. The molecule has 2 N–H and O–H groups in total. The number of hydrogen-bond acceptors (Lipinski definition) is 4. The van der Waals surface area contributed by atoms with E-state index in [0.29, 0.717) is 13.0 Å². The highest BCUT2D eigenvalue weighted by atomic mass is 32.2. The third kappa shape index (κ3) is 6.45. The molecule has 0 aromatic carbocycles. The summed E-state index contributed by atoms with van der Waals surface area (Å²) in [6.07, 6.45) is 3.75. The van der Waals surface area contributed by atoms with E-state index < -0.39 is 9.84 Å². The van der Waals surface area contributed by atoms with Gasteiger partial charge < -0.3 is 10.4 Å². The Kier molecular flexibility index (Phi) is 7.19. The van der Waals surface area contributed by atoms with Gasteiger partial charge in [0.15, 0.2) is 0 Å². The molecule has 5 heteroatoms. The van der Waals surface area contributed by atoms with Gasteiger partial charge in [-0.2, -0.15) is 0 Å². The van der Waals surface area contributed by atoms with E-state index in [4.69, 9.17) is 0 Å². The maximum Gasteiger partial charge on any atom is 0.147 e. The van der Waals surface area contributed by atoms with Crippen molar-refractivity contribution in [2.45, 2.75) is 33.1 Å². The van der Waals surface area contributed by atoms with E-state index in [-0.39, 0.29) is 17.8 Å². The molecule has 0 bridgehead atoms. The molecule has 0 atom stereocenters. The SMILES string of the molecule is CCC(CC)(CO)CNCCCS(C)(=O)=O. The van der Waals surface area contributed by atoms with Crippen molar-refractivity contribution in [3.05, 3.63) is 0 Å². The lowest BCUT2D eigenvalue weighted by atomic mass is 9.83. The van der Waals surface area contributed by atoms with Crippen molar-refractivity contribution in [1.82, 2.24) is 5.32 Å². The number of sulfone groups is 1. The van der Waals surface area contributed by atoms with Gasteiger partial charge in [0.2, 0.25) is 0 Å². The minimum atomic E-state index is -2.85. The summed E-state index contributed by atoms with van der Waals surface area (Å²) in [6, 6.07) is 0. The van der Waals surface area contributed by atoms with E-state index in [1.165, 1.54) is 6.26 Å². The first-order valence-corrected chi connectivity index (χ1v) is 7.94. The predicted molar refractivity (Wildman–Crippen MR) is 67.3 cm³/mol. The molecule has 0 radical (unpaired) electrons. The molecule has 0 aliphatic heterocycles. The van der Waals surface area contributed by atoms with Gasteiger partial charge in [-0.25, -0.2) is 8.42 Å². The van der Waals surface area contributed by atoms with E-state index in [1.54, 1.807) is 0 Å². The van der Waals surface area contributed by atoms with Gasteiger partial charge in [0.05, 0.1) is 5.75 Å². The summed E-state index contributed by atoms with van der Waals surface area (Å²) in [4.78, 5) is 0.